The second-order valence-electron chi connectivity index (χ2n) is 4.02. The number of H-pyrrole nitrogens is 1. The largest absolute Gasteiger partial charge is 0.356 e. The number of hydrogen-bond donors (Lipinski definition) is 2. The Balaban J connectivity index is 1.84. The summed E-state index contributed by atoms with van der Waals surface area (Å²) in [5.41, 5.74) is 1.65. The molecule has 0 aliphatic carbocycles. The Hall–Kier alpha value is -1.66. The summed E-state index contributed by atoms with van der Waals surface area (Å²) in [4.78, 5) is 11.7. The number of nitrogens with one attached hydrogen (secondary N) is 2. The normalized spacial score (nSPS) is 11.3. The number of rotatable bonds is 8. The first-order valence-electron chi connectivity index (χ1n) is 6.61. The lowest BCUT2D eigenvalue weighted by Gasteiger charge is -2.16. The Morgan fingerprint density at radius 3 is 2.79 bits per heavy atom. The fraction of sp³-hybridized carbons (Fsp3) is 0.538. The standard InChI is InChI=1S/C13H20N4O2/c1-3-18-11(19-4-2)7-9-15-13-16-10-6-5-8-14-12(10)17-13/h5-6,8,11H,3-4,7,9H2,1-2H3,(H2,14,15,16,17). The third-order valence-corrected chi connectivity index (χ3v) is 2.64. The van der Waals surface area contributed by atoms with E-state index in [0.717, 1.165) is 30.1 Å². The van der Waals surface area contributed by atoms with Crippen molar-refractivity contribution < 1.29 is 9.47 Å². The smallest absolute Gasteiger partial charge is 0.202 e. The summed E-state index contributed by atoms with van der Waals surface area (Å²) in [6.07, 6.45) is 2.34. The predicted octanol–water partition coefficient (Wildman–Crippen LogP) is 2.16. The Labute approximate surface area is 112 Å². The molecular weight excluding hydrogens is 244 g/mol. The van der Waals surface area contributed by atoms with Crippen LogP contribution in [0.25, 0.3) is 11.2 Å². The van der Waals surface area contributed by atoms with E-state index in [4.69, 9.17) is 9.47 Å². The number of hydrogen-bond acceptors (Lipinski definition) is 5. The third kappa shape index (κ3) is 3.90. The molecule has 19 heavy (non-hydrogen) atoms. The summed E-state index contributed by atoms with van der Waals surface area (Å²) in [5, 5.41) is 3.21. The van der Waals surface area contributed by atoms with E-state index in [-0.39, 0.29) is 6.29 Å². The lowest BCUT2D eigenvalue weighted by Crippen LogP contribution is -2.21. The van der Waals surface area contributed by atoms with Gasteiger partial charge in [-0.25, -0.2) is 4.98 Å². The molecular formula is C13H20N4O2. The van der Waals surface area contributed by atoms with Crippen LogP contribution in [0, 0.1) is 0 Å². The Kier molecular flexibility index (Phi) is 5.11. The quantitative estimate of drug-likeness (QED) is 0.715. The van der Waals surface area contributed by atoms with Gasteiger partial charge in [0.1, 0.15) is 0 Å². The van der Waals surface area contributed by atoms with E-state index < -0.39 is 0 Å². The first kappa shape index (κ1) is 13.8. The van der Waals surface area contributed by atoms with Gasteiger partial charge in [0.15, 0.2) is 11.9 Å². The number of pyridine rings is 1. The SMILES string of the molecule is CCOC(CCNc1nc2ncccc2[nH]1)OCC. The third-order valence-electron chi connectivity index (χ3n) is 2.64. The number of anilines is 1. The topological polar surface area (TPSA) is 72.1 Å². The minimum atomic E-state index is -0.162. The average molecular weight is 264 g/mol. The molecule has 2 aromatic heterocycles. The predicted molar refractivity (Wildman–Crippen MR) is 74.0 cm³/mol. The van der Waals surface area contributed by atoms with E-state index in [1.807, 2.05) is 26.0 Å². The number of nitrogens with zero attached hydrogens (tertiary/aromatic N) is 2. The van der Waals surface area contributed by atoms with E-state index in [9.17, 15) is 0 Å². The van der Waals surface area contributed by atoms with Gasteiger partial charge in [0.05, 0.1) is 5.52 Å². The van der Waals surface area contributed by atoms with Gasteiger partial charge in [-0.1, -0.05) is 0 Å². The van der Waals surface area contributed by atoms with Gasteiger partial charge in [-0.05, 0) is 26.0 Å². The van der Waals surface area contributed by atoms with E-state index in [1.165, 1.54) is 0 Å². The van der Waals surface area contributed by atoms with Crippen LogP contribution in [0.15, 0.2) is 18.3 Å². The monoisotopic (exact) mass is 264 g/mol. The second-order valence-corrected chi connectivity index (χ2v) is 4.02. The molecule has 0 unspecified atom stereocenters. The summed E-state index contributed by atoms with van der Waals surface area (Å²) in [5.74, 6) is 0.723. The van der Waals surface area contributed by atoms with Gasteiger partial charge in [-0.3, -0.25) is 0 Å². The van der Waals surface area contributed by atoms with Crippen molar-refractivity contribution in [1.29, 1.82) is 0 Å². The molecule has 0 amide bonds. The van der Waals surface area contributed by atoms with Crippen LogP contribution in [0.1, 0.15) is 20.3 Å². The zero-order chi connectivity index (χ0) is 13.5. The number of fused-ring (bicyclic) bond motifs is 1. The zero-order valence-electron chi connectivity index (χ0n) is 11.3. The maximum atomic E-state index is 5.47. The van der Waals surface area contributed by atoms with Gasteiger partial charge in [0.2, 0.25) is 5.95 Å². The molecule has 0 atom stereocenters. The molecule has 2 heterocycles. The van der Waals surface area contributed by atoms with Crippen LogP contribution < -0.4 is 5.32 Å². The van der Waals surface area contributed by atoms with Crippen molar-refractivity contribution in [3.8, 4) is 0 Å². The molecule has 2 aromatic rings. The van der Waals surface area contributed by atoms with Crippen LogP contribution in [0.5, 0.6) is 0 Å². The van der Waals surface area contributed by atoms with Gasteiger partial charge < -0.3 is 19.8 Å². The van der Waals surface area contributed by atoms with Crippen LogP contribution in [0.3, 0.4) is 0 Å². The van der Waals surface area contributed by atoms with Crippen LogP contribution in [0.4, 0.5) is 5.95 Å². The fourth-order valence-electron chi connectivity index (χ4n) is 1.82. The first-order valence-corrected chi connectivity index (χ1v) is 6.61. The molecule has 0 aromatic carbocycles. The molecule has 0 aliphatic heterocycles. The van der Waals surface area contributed by atoms with E-state index in [2.05, 4.69) is 20.3 Å². The van der Waals surface area contributed by atoms with Crippen LogP contribution in [0.2, 0.25) is 0 Å². The van der Waals surface area contributed by atoms with Crippen LogP contribution >= 0.6 is 0 Å². The highest BCUT2D eigenvalue weighted by molar-refractivity contribution is 5.72. The van der Waals surface area contributed by atoms with Crippen LogP contribution in [-0.2, 0) is 9.47 Å². The van der Waals surface area contributed by atoms with Gasteiger partial charge >= 0.3 is 0 Å². The van der Waals surface area contributed by atoms with Gasteiger partial charge in [-0.2, -0.15) is 4.98 Å². The lowest BCUT2D eigenvalue weighted by molar-refractivity contribution is -0.137. The highest BCUT2D eigenvalue weighted by Gasteiger charge is 2.08. The summed E-state index contributed by atoms with van der Waals surface area (Å²) >= 11 is 0. The van der Waals surface area contributed by atoms with Crippen molar-refractivity contribution in [3.05, 3.63) is 18.3 Å². The molecule has 6 heteroatoms. The van der Waals surface area contributed by atoms with Crippen molar-refractivity contribution in [2.24, 2.45) is 0 Å². The van der Waals surface area contributed by atoms with Gasteiger partial charge in [0, 0.05) is 32.4 Å². The number of aromatic nitrogens is 3. The van der Waals surface area contributed by atoms with Crippen LogP contribution in [-0.4, -0.2) is 41.0 Å². The van der Waals surface area contributed by atoms with Crippen molar-refractivity contribution in [2.45, 2.75) is 26.6 Å². The first-order chi connectivity index (χ1) is 9.33. The maximum Gasteiger partial charge on any atom is 0.202 e. The van der Waals surface area contributed by atoms with Crippen molar-refractivity contribution in [1.82, 2.24) is 15.0 Å². The fourth-order valence-corrected chi connectivity index (χ4v) is 1.82. The Morgan fingerprint density at radius 1 is 1.32 bits per heavy atom. The summed E-state index contributed by atoms with van der Waals surface area (Å²) in [6, 6.07) is 3.83. The minimum Gasteiger partial charge on any atom is -0.356 e. The number of imidazole rings is 1. The lowest BCUT2D eigenvalue weighted by atomic mass is 10.4. The van der Waals surface area contributed by atoms with E-state index in [0.29, 0.717) is 13.2 Å². The van der Waals surface area contributed by atoms with Gasteiger partial charge in [0.25, 0.3) is 0 Å². The van der Waals surface area contributed by atoms with Gasteiger partial charge in [-0.15, -0.1) is 0 Å². The van der Waals surface area contributed by atoms with E-state index >= 15 is 0 Å². The maximum absolute atomic E-state index is 5.47. The molecule has 2 rings (SSSR count). The number of ether oxygens (including phenoxy) is 2. The molecule has 2 N–H and O–H groups in total. The summed E-state index contributed by atoms with van der Waals surface area (Å²) in [7, 11) is 0. The minimum absolute atomic E-state index is 0.162. The molecule has 0 radical (unpaired) electrons. The molecule has 0 spiro atoms. The molecule has 0 saturated carbocycles. The second kappa shape index (κ2) is 7.06. The highest BCUT2D eigenvalue weighted by atomic mass is 16.7. The average Bonchev–Trinajstić information content (AvgIpc) is 2.82. The van der Waals surface area contributed by atoms with Crippen molar-refractivity contribution in [2.75, 3.05) is 25.1 Å². The molecule has 0 fully saturated rings. The van der Waals surface area contributed by atoms with Crippen molar-refractivity contribution >= 4 is 17.1 Å². The van der Waals surface area contributed by atoms with E-state index in [1.54, 1.807) is 6.20 Å². The molecule has 0 bridgehead atoms. The Morgan fingerprint density at radius 2 is 2.11 bits per heavy atom. The van der Waals surface area contributed by atoms with Crippen molar-refractivity contribution in [3.63, 3.8) is 0 Å². The highest BCUT2D eigenvalue weighted by Crippen LogP contribution is 2.11. The Bertz CT molecular complexity index is 461. The molecule has 0 saturated heterocycles. The number of aromatic amines is 1. The molecule has 104 valence electrons. The molecule has 0 aliphatic rings. The summed E-state index contributed by atoms with van der Waals surface area (Å²) in [6.45, 7) is 5.96. The zero-order valence-corrected chi connectivity index (χ0v) is 11.3. The summed E-state index contributed by atoms with van der Waals surface area (Å²) < 4.78 is 10.9. The molecule has 6 nitrogen and oxygen atoms in total.